The van der Waals surface area contributed by atoms with E-state index in [1.165, 1.54) is 0 Å². The van der Waals surface area contributed by atoms with Gasteiger partial charge in [0.1, 0.15) is 18.2 Å². The van der Waals surface area contributed by atoms with Gasteiger partial charge in [-0.05, 0) is 41.5 Å². The fourth-order valence-corrected chi connectivity index (χ4v) is 4.85. The molecule has 0 aliphatic heterocycles. The third-order valence-electron chi connectivity index (χ3n) is 6.59. The number of carboxylic acid groups (broad SMARTS) is 1. The Morgan fingerprint density at radius 3 is 2.12 bits per heavy atom. The number of fused-ring (bicyclic) bond motifs is 3. The standard InChI is InChI=1S/C25H28N2O5/c1-2-21(22(28)29)26-23(30)25(13-7-8-14-25)27-24(31)32-15-20-18-11-5-3-9-16(18)17-10-4-6-12-19(17)20/h3-6,9-12,20-21H,2,7-8,13-15H2,1H3,(H,26,30)(H,27,31)(H,28,29)/t21-/m1/s1. The van der Waals surface area contributed by atoms with E-state index in [-0.39, 0.29) is 18.9 Å². The first-order chi connectivity index (χ1) is 15.4. The first-order valence-electron chi connectivity index (χ1n) is 11.1. The summed E-state index contributed by atoms with van der Waals surface area (Å²) in [6, 6.07) is 15.2. The number of carbonyl (C=O) groups is 3. The van der Waals surface area contributed by atoms with Crippen LogP contribution in [0, 0.1) is 0 Å². The molecule has 0 saturated heterocycles. The monoisotopic (exact) mass is 436 g/mol. The van der Waals surface area contributed by atoms with Crippen molar-refractivity contribution >= 4 is 18.0 Å². The fraction of sp³-hybridized carbons (Fsp3) is 0.400. The summed E-state index contributed by atoms with van der Waals surface area (Å²) < 4.78 is 5.61. The molecule has 1 fully saturated rings. The predicted octanol–water partition coefficient (Wildman–Crippen LogP) is 3.82. The van der Waals surface area contributed by atoms with E-state index in [1.54, 1.807) is 6.92 Å². The molecule has 32 heavy (non-hydrogen) atoms. The van der Waals surface area contributed by atoms with Crippen LogP contribution in [0.1, 0.15) is 56.1 Å². The van der Waals surface area contributed by atoms with E-state index in [0.29, 0.717) is 12.8 Å². The van der Waals surface area contributed by atoms with Gasteiger partial charge in [-0.25, -0.2) is 9.59 Å². The zero-order chi connectivity index (χ0) is 22.7. The summed E-state index contributed by atoms with van der Waals surface area (Å²) in [5.74, 6) is -1.62. The molecule has 0 heterocycles. The highest BCUT2D eigenvalue weighted by atomic mass is 16.5. The van der Waals surface area contributed by atoms with Gasteiger partial charge in [-0.2, -0.15) is 0 Å². The zero-order valence-corrected chi connectivity index (χ0v) is 18.1. The molecule has 0 radical (unpaired) electrons. The minimum Gasteiger partial charge on any atom is -0.480 e. The van der Waals surface area contributed by atoms with Crippen LogP contribution in [-0.4, -0.2) is 41.3 Å². The Balaban J connectivity index is 1.45. The maximum atomic E-state index is 12.9. The number of alkyl carbamates (subject to hydrolysis) is 1. The molecule has 0 unspecified atom stereocenters. The van der Waals surface area contributed by atoms with Crippen molar-refractivity contribution in [1.29, 1.82) is 0 Å². The number of hydrogen-bond acceptors (Lipinski definition) is 4. The summed E-state index contributed by atoms with van der Waals surface area (Å²) in [6.07, 6.45) is 2.08. The van der Waals surface area contributed by atoms with Gasteiger partial charge in [0.05, 0.1) is 0 Å². The molecule has 4 rings (SSSR count). The average molecular weight is 437 g/mol. The van der Waals surface area contributed by atoms with Gasteiger partial charge in [-0.15, -0.1) is 0 Å². The number of hydrogen-bond donors (Lipinski definition) is 3. The number of aliphatic carboxylic acids is 1. The fourth-order valence-electron chi connectivity index (χ4n) is 4.85. The quantitative estimate of drug-likeness (QED) is 0.612. The molecule has 2 aliphatic rings. The molecule has 0 spiro atoms. The van der Waals surface area contributed by atoms with Crippen LogP contribution in [-0.2, 0) is 14.3 Å². The normalized spacial score (nSPS) is 17.2. The van der Waals surface area contributed by atoms with Crippen molar-refractivity contribution in [2.24, 2.45) is 0 Å². The highest BCUT2D eigenvalue weighted by Crippen LogP contribution is 2.44. The van der Waals surface area contributed by atoms with Crippen molar-refractivity contribution in [3.63, 3.8) is 0 Å². The summed E-state index contributed by atoms with van der Waals surface area (Å²) >= 11 is 0. The lowest BCUT2D eigenvalue weighted by atomic mass is 9.95. The highest BCUT2D eigenvalue weighted by Gasteiger charge is 2.44. The summed E-state index contributed by atoms with van der Waals surface area (Å²) in [7, 11) is 0. The van der Waals surface area contributed by atoms with Gasteiger partial charge >= 0.3 is 12.1 Å². The second-order valence-electron chi connectivity index (χ2n) is 8.51. The molecular formula is C25H28N2O5. The van der Waals surface area contributed by atoms with E-state index >= 15 is 0 Å². The van der Waals surface area contributed by atoms with Crippen LogP contribution in [0.2, 0.25) is 0 Å². The predicted molar refractivity (Wildman–Crippen MR) is 119 cm³/mol. The molecule has 7 heteroatoms. The second kappa shape index (κ2) is 9.02. The lowest BCUT2D eigenvalue weighted by Gasteiger charge is -2.30. The first-order valence-corrected chi connectivity index (χ1v) is 11.1. The van der Waals surface area contributed by atoms with Crippen LogP contribution in [0.5, 0.6) is 0 Å². The number of rotatable bonds is 7. The van der Waals surface area contributed by atoms with Gasteiger partial charge in [0.15, 0.2) is 0 Å². The van der Waals surface area contributed by atoms with Crippen LogP contribution in [0.3, 0.4) is 0 Å². The number of ether oxygens (including phenoxy) is 1. The number of carboxylic acids is 1. The van der Waals surface area contributed by atoms with E-state index in [4.69, 9.17) is 4.74 Å². The summed E-state index contributed by atoms with van der Waals surface area (Å²) in [6.45, 7) is 1.85. The molecule has 0 aromatic heterocycles. The third kappa shape index (κ3) is 4.07. The lowest BCUT2D eigenvalue weighted by Crippen LogP contribution is -2.59. The highest BCUT2D eigenvalue weighted by molar-refractivity contribution is 5.93. The summed E-state index contributed by atoms with van der Waals surface area (Å²) in [5.41, 5.74) is 3.38. The van der Waals surface area contributed by atoms with Crippen LogP contribution >= 0.6 is 0 Å². The topological polar surface area (TPSA) is 105 Å². The van der Waals surface area contributed by atoms with E-state index in [2.05, 4.69) is 22.8 Å². The van der Waals surface area contributed by atoms with Crippen LogP contribution in [0.15, 0.2) is 48.5 Å². The minimum atomic E-state index is -1.13. The molecule has 3 N–H and O–H groups in total. The largest absolute Gasteiger partial charge is 0.480 e. The molecule has 0 bridgehead atoms. The Labute approximate surface area is 187 Å². The SMILES string of the molecule is CC[C@@H](NC(=O)C1(NC(=O)OCC2c3ccccc3-c3ccccc32)CCCC1)C(=O)O. The maximum Gasteiger partial charge on any atom is 0.408 e. The lowest BCUT2D eigenvalue weighted by molar-refractivity contribution is -0.143. The molecule has 2 aromatic rings. The van der Waals surface area contributed by atoms with Crippen molar-refractivity contribution in [2.75, 3.05) is 6.61 Å². The molecule has 7 nitrogen and oxygen atoms in total. The van der Waals surface area contributed by atoms with Crippen molar-refractivity contribution in [1.82, 2.24) is 10.6 Å². The molecule has 1 saturated carbocycles. The second-order valence-corrected chi connectivity index (χ2v) is 8.51. The summed E-state index contributed by atoms with van der Waals surface area (Å²) in [4.78, 5) is 37.0. The minimum absolute atomic E-state index is 0.0713. The van der Waals surface area contributed by atoms with Crippen molar-refractivity contribution < 1.29 is 24.2 Å². The van der Waals surface area contributed by atoms with E-state index in [1.807, 2.05) is 36.4 Å². The Bertz CT molecular complexity index is 983. The van der Waals surface area contributed by atoms with E-state index in [9.17, 15) is 19.5 Å². The Morgan fingerprint density at radius 2 is 1.59 bits per heavy atom. The number of carbonyl (C=O) groups excluding carboxylic acids is 2. The van der Waals surface area contributed by atoms with Gasteiger partial charge in [0.2, 0.25) is 5.91 Å². The average Bonchev–Trinajstić information content (AvgIpc) is 3.39. The van der Waals surface area contributed by atoms with Gasteiger partial charge in [0.25, 0.3) is 0 Å². The Morgan fingerprint density at radius 1 is 1.03 bits per heavy atom. The molecular weight excluding hydrogens is 408 g/mol. The zero-order valence-electron chi connectivity index (χ0n) is 18.1. The molecule has 168 valence electrons. The maximum absolute atomic E-state index is 12.9. The van der Waals surface area contributed by atoms with Crippen molar-refractivity contribution in [3.05, 3.63) is 59.7 Å². The van der Waals surface area contributed by atoms with Crippen LogP contribution in [0.25, 0.3) is 11.1 Å². The smallest absolute Gasteiger partial charge is 0.408 e. The Hall–Kier alpha value is -3.35. The first kappa shape index (κ1) is 21.9. The summed E-state index contributed by atoms with van der Waals surface area (Å²) in [5, 5.41) is 14.6. The van der Waals surface area contributed by atoms with E-state index < -0.39 is 29.6 Å². The van der Waals surface area contributed by atoms with Gasteiger partial charge in [-0.3, -0.25) is 4.79 Å². The number of amides is 2. The molecule has 2 aromatic carbocycles. The number of benzene rings is 2. The van der Waals surface area contributed by atoms with Crippen molar-refractivity contribution in [3.8, 4) is 11.1 Å². The van der Waals surface area contributed by atoms with Gasteiger partial charge in [0, 0.05) is 5.92 Å². The van der Waals surface area contributed by atoms with Crippen LogP contribution in [0.4, 0.5) is 4.79 Å². The van der Waals surface area contributed by atoms with Crippen LogP contribution < -0.4 is 10.6 Å². The molecule has 2 amide bonds. The van der Waals surface area contributed by atoms with Gasteiger partial charge in [-0.1, -0.05) is 68.3 Å². The molecule has 1 atom stereocenters. The molecule has 2 aliphatic carbocycles. The van der Waals surface area contributed by atoms with E-state index in [0.717, 1.165) is 35.1 Å². The third-order valence-corrected chi connectivity index (χ3v) is 6.59. The number of nitrogens with one attached hydrogen (secondary N) is 2. The van der Waals surface area contributed by atoms with Gasteiger partial charge < -0.3 is 20.5 Å². The Kier molecular flexibility index (Phi) is 6.17. The van der Waals surface area contributed by atoms with Crippen molar-refractivity contribution in [2.45, 2.75) is 56.5 Å².